The summed E-state index contributed by atoms with van der Waals surface area (Å²) in [6, 6.07) is 2.52. The van der Waals surface area contributed by atoms with Crippen LogP contribution in [0.3, 0.4) is 0 Å². The number of anilines is 2. The molecule has 1 aromatic rings. The van der Waals surface area contributed by atoms with E-state index in [4.69, 9.17) is 10.5 Å². The highest BCUT2D eigenvalue weighted by molar-refractivity contribution is 9.11. The lowest BCUT2D eigenvalue weighted by molar-refractivity contribution is 0.0848. The number of aryl methyl sites for hydroxylation is 1. The standard InChI is InChI=1S/C14H18BrN3O/c1-9-12-6-10(15)8-18(11-2-4-19-5-3-11)13(12)7-14(16)17-9/h6-7,11H,2-5,8H2,1H3,(H2,16,17). The first kappa shape index (κ1) is 12.9. The summed E-state index contributed by atoms with van der Waals surface area (Å²) >= 11 is 3.65. The van der Waals surface area contributed by atoms with Gasteiger partial charge in [-0.3, -0.25) is 0 Å². The maximum absolute atomic E-state index is 5.91. The SMILES string of the molecule is Cc1nc(N)cc2c1C=C(Br)CN2C1CCOCC1. The Morgan fingerprint density at radius 1 is 1.42 bits per heavy atom. The van der Waals surface area contributed by atoms with E-state index in [0.717, 1.165) is 38.3 Å². The average molecular weight is 324 g/mol. The van der Waals surface area contributed by atoms with Crippen molar-refractivity contribution < 1.29 is 4.74 Å². The van der Waals surface area contributed by atoms with E-state index in [1.165, 1.54) is 15.7 Å². The number of aromatic nitrogens is 1. The van der Waals surface area contributed by atoms with Gasteiger partial charge in [-0.05, 0) is 25.8 Å². The Kier molecular flexibility index (Phi) is 3.50. The van der Waals surface area contributed by atoms with Gasteiger partial charge in [-0.25, -0.2) is 4.98 Å². The van der Waals surface area contributed by atoms with Gasteiger partial charge in [0.1, 0.15) is 5.82 Å². The first-order valence-electron chi connectivity index (χ1n) is 6.63. The molecule has 3 rings (SSSR count). The molecule has 0 unspecified atom stereocenters. The molecule has 2 N–H and O–H groups in total. The summed E-state index contributed by atoms with van der Waals surface area (Å²) in [5.41, 5.74) is 9.29. The van der Waals surface area contributed by atoms with Gasteiger partial charge in [0, 0.05) is 47.6 Å². The molecule has 2 aliphatic heterocycles. The van der Waals surface area contributed by atoms with Crippen LogP contribution in [-0.4, -0.2) is 30.8 Å². The van der Waals surface area contributed by atoms with Crippen LogP contribution in [0.1, 0.15) is 24.1 Å². The maximum atomic E-state index is 5.91. The lowest BCUT2D eigenvalue weighted by Crippen LogP contribution is -2.41. The van der Waals surface area contributed by atoms with Crippen LogP contribution in [0, 0.1) is 6.92 Å². The molecule has 102 valence electrons. The van der Waals surface area contributed by atoms with Gasteiger partial charge in [0.25, 0.3) is 0 Å². The van der Waals surface area contributed by atoms with Crippen molar-refractivity contribution in [3.8, 4) is 0 Å². The van der Waals surface area contributed by atoms with Crippen LogP contribution in [0.2, 0.25) is 0 Å². The van der Waals surface area contributed by atoms with Crippen molar-refractivity contribution in [1.82, 2.24) is 4.98 Å². The van der Waals surface area contributed by atoms with E-state index in [0.29, 0.717) is 11.9 Å². The Morgan fingerprint density at radius 2 is 2.16 bits per heavy atom. The van der Waals surface area contributed by atoms with E-state index in [1.807, 2.05) is 13.0 Å². The minimum Gasteiger partial charge on any atom is -0.384 e. The second-order valence-electron chi connectivity index (χ2n) is 5.13. The van der Waals surface area contributed by atoms with E-state index < -0.39 is 0 Å². The third-order valence-electron chi connectivity index (χ3n) is 3.81. The number of fused-ring (bicyclic) bond motifs is 1. The molecule has 2 aliphatic rings. The zero-order valence-electron chi connectivity index (χ0n) is 11.0. The molecule has 0 aromatic carbocycles. The predicted octanol–water partition coefficient (Wildman–Crippen LogP) is 2.71. The summed E-state index contributed by atoms with van der Waals surface area (Å²) in [4.78, 5) is 6.80. The van der Waals surface area contributed by atoms with Gasteiger partial charge in [0.05, 0.1) is 5.69 Å². The zero-order chi connectivity index (χ0) is 13.4. The molecule has 0 spiro atoms. The van der Waals surface area contributed by atoms with Crippen molar-refractivity contribution in [3.05, 3.63) is 21.8 Å². The Balaban J connectivity index is 2.02. The Morgan fingerprint density at radius 3 is 2.89 bits per heavy atom. The quantitative estimate of drug-likeness (QED) is 0.863. The topological polar surface area (TPSA) is 51.4 Å². The van der Waals surface area contributed by atoms with Crippen LogP contribution in [0.5, 0.6) is 0 Å². The summed E-state index contributed by atoms with van der Waals surface area (Å²) in [7, 11) is 0. The van der Waals surface area contributed by atoms with E-state index in [9.17, 15) is 0 Å². The third-order valence-corrected chi connectivity index (χ3v) is 4.29. The number of nitrogens with zero attached hydrogens (tertiary/aromatic N) is 2. The fraction of sp³-hybridized carbons (Fsp3) is 0.500. The van der Waals surface area contributed by atoms with Crippen LogP contribution >= 0.6 is 15.9 Å². The number of nitrogens with two attached hydrogens (primary N) is 1. The second kappa shape index (κ2) is 5.13. The molecule has 0 bridgehead atoms. The fourth-order valence-corrected chi connectivity index (χ4v) is 3.38. The first-order valence-corrected chi connectivity index (χ1v) is 7.42. The van der Waals surface area contributed by atoms with Crippen molar-refractivity contribution >= 4 is 33.5 Å². The Bertz CT molecular complexity index is 524. The predicted molar refractivity (Wildman–Crippen MR) is 81.5 cm³/mol. The van der Waals surface area contributed by atoms with Gasteiger partial charge < -0.3 is 15.4 Å². The Labute approximate surface area is 121 Å². The normalized spacial score (nSPS) is 20.1. The third kappa shape index (κ3) is 2.49. The number of hydrogen-bond donors (Lipinski definition) is 1. The smallest absolute Gasteiger partial charge is 0.125 e. The number of nitrogen functional groups attached to an aromatic ring is 1. The maximum Gasteiger partial charge on any atom is 0.125 e. The highest BCUT2D eigenvalue weighted by atomic mass is 79.9. The van der Waals surface area contributed by atoms with E-state index in [2.05, 4.69) is 31.9 Å². The molecule has 1 saturated heterocycles. The molecule has 0 atom stereocenters. The summed E-state index contributed by atoms with van der Waals surface area (Å²) in [6.45, 7) is 4.61. The zero-order valence-corrected chi connectivity index (χ0v) is 12.6. The molecular formula is C14H18BrN3O. The van der Waals surface area contributed by atoms with Crippen LogP contribution in [0.15, 0.2) is 10.5 Å². The highest BCUT2D eigenvalue weighted by Crippen LogP contribution is 2.36. The van der Waals surface area contributed by atoms with Gasteiger partial charge in [0.15, 0.2) is 0 Å². The van der Waals surface area contributed by atoms with Crippen LogP contribution in [0.4, 0.5) is 11.5 Å². The molecule has 0 amide bonds. The molecule has 4 nitrogen and oxygen atoms in total. The summed E-state index contributed by atoms with van der Waals surface area (Å²) in [5.74, 6) is 0.597. The fourth-order valence-electron chi connectivity index (χ4n) is 2.88. The Hall–Kier alpha value is -1.07. The number of rotatable bonds is 1. The van der Waals surface area contributed by atoms with Crippen molar-refractivity contribution in [2.45, 2.75) is 25.8 Å². The minimum absolute atomic E-state index is 0.523. The lowest BCUT2D eigenvalue weighted by atomic mass is 10.0. The number of halogens is 1. The van der Waals surface area contributed by atoms with Crippen LogP contribution in [-0.2, 0) is 4.74 Å². The average Bonchev–Trinajstić information content (AvgIpc) is 2.40. The van der Waals surface area contributed by atoms with Gasteiger partial charge in [-0.15, -0.1) is 0 Å². The van der Waals surface area contributed by atoms with Crippen molar-refractivity contribution in [2.24, 2.45) is 0 Å². The van der Waals surface area contributed by atoms with E-state index in [-0.39, 0.29) is 0 Å². The number of hydrogen-bond acceptors (Lipinski definition) is 4. The molecule has 19 heavy (non-hydrogen) atoms. The summed E-state index contributed by atoms with van der Waals surface area (Å²) in [6.07, 6.45) is 4.30. The largest absolute Gasteiger partial charge is 0.384 e. The second-order valence-corrected chi connectivity index (χ2v) is 6.15. The molecule has 0 saturated carbocycles. The molecule has 1 fully saturated rings. The highest BCUT2D eigenvalue weighted by Gasteiger charge is 2.27. The minimum atomic E-state index is 0.523. The first-order chi connectivity index (χ1) is 9.15. The van der Waals surface area contributed by atoms with Crippen LogP contribution < -0.4 is 10.6 Å². The summed E-state index contributed by atoms with van der Waals surface area (Å²) < 4.78 is 6.66. The van der Waals surface area contributed by atoms with Crippen molar-refractivity contribution in [2.75, 3.05) is 30.4 Å². The molecule has 1 aromatic heterocycles. The number of pyridine rings is 1. The van der Waals surface area contributed by atoms with Gasteiger partial charge in [0.2, 0.25) is 0 Å². The van der Waals surface area contributed by atoms with Gasteiger partial charge >= 0.3 is 0 Å². The van der Waals surface area contributed by atoms with Crippen molar-refractivity contribution in [3.63, 3.8) is 0 Å². The monoisotopic (exact) mass is 323 g/mol. The van der Waals surface area contributed by atoms with Gasteiger partial charge in [-0.2, -0.15) is 0 Å². The molecule has 0 radical (unpaired) electrons. The van der Waals surface area contributed by atoms with Crippen LogP contribution in [0.25, 0.3) is 6.08 Å². The molecule has 5 heteroatoms. The van der Waals surface area contributed by atoms with Crippen molar-refractivity contribution in [1.29, 1.82) is 0 Å². The molecular weight excluding hydrogens is 306 g/mol. The molecule has 3 heterocycles. The number of ether oxygens (including phenoxy) is 1. The van der Waals surface area contributed by atoms with E-state index >= 15 is 0 Å². The summed E-state index contributed by atoms with van der Waals surface area (Å²) in [5, 5.41) is 0. The lowest BCUT2D eigenvalue weighted by Gasteiger charge is -2.39. The van der Waals surface area contributed by atoms with Gasteiger partial charge in [-0.1, -0.05) is 15.9 Å². The van der Waals surface area contributed by atoms with E-state index in [1.54, 1.807) is 0 Å². The molecule has 0 aliphatic carbocycles.